The average molecular weight is 697 g/mol. The van der Waals surface area contributed by atoms with E-state index in [1.165, 1.54) is 148 Å². The highest BCUT2D eigenvalue weighted by molar-refractivity contribution is 5.88. The minimum atomic E-state index is -1.06. The molecule has 0 saturated heterocycles. The Morgan fingerprint density at radius 3 is 1.33 bits per heavy atom. The first kappa shape index (κ1) is 47.6. The number of ether oxygens (including phenoxy) is 2. The zero-order chi connectivity index (χ0) is 36.0. The summed E-state index contributed by atoms with van der Waals surface area (Å²) in [4.78, 5) is 25.1. The maximum Gasteiger partial charge on any atom is 0.334 e. The standard InChI is InChI=1S/C42H80O7/c1-3-5-7-9-11-13-15-17-19-21-23-25-27-29-31-33-41(46)48-37-40(36-44)49-42(47)38(34-39(45)35-43)32-30-28-26-24-22-20-18-16-14-12-10-8-6-4-2/h32,39-40,43-45H,3-31,33-37H2,1-2H3. The van der Waals surface area contributed by atoms with Crippen LogP contribution in [0, 0.1) is 0 Å². The molecule has 0 aromatic carbocycles. The summed E-state index contributed by atoms with van der Waals surface area (Å²) in [6.45, 7) is 3.39. The number of carbonyl (C=O) groups is 2. The van der Waals surface area contributed by atoms with E-state index in [2.05, 4.69) is 13.8 Å². The van der Waals surface area contributed by atoms with Crippen molar-refractivity contribution in [2.75, 3.05) is 19.8 Å². The SMILES string of the molecule is CCCCCCCCCCCCCCCC=C(CC(O)CO)C(=O)OC(CO)COC(=O)CCCCCCCCCCCCCCCCC. The lowest BCUT2D eigenvalue weighted by atomic mass is 10.0. The van der Waals surface area contributed by atoms with E-state index in [-0.39, 0.29) is 24.6 Å². The molecule has 0 aromatic heterocycles. The van der Waals surface area contributed by atoms with Gasteiger partial charge in [-0.25, -0.2) is 4.79 Å². The van der Waals surface area contributed by atoms with E-state index in [4.69, 9.17) is 9.47 Å². The predicted octanol–water partition coefficient (Wildman–Crippen LogP) is 10.8. The highest BCUT2D eigenvalue weighted by atomic mass is 16.6. The van der Waals surface area contributed by atoms with E-state index < -0.39 is 31.4 Å². The molecule has 3 N–H and O–H groups in total. The Labute approximate surface area is 302 Å². The zero-order valence-corrected chi connectivity index (χ0v) is 32.2. The molecule has 0 saturated carbocycles. The van der Waals surface area contributed by atoms with Gasteiger partial charge in [-0.05, 0) is 19.3 Å². The summed E-state index contributed by atoms with van der Waals surface area (Å²) in [7, 11) is 0. The van der Waals surface area contributed by atoms with Crippen LogP contribution in [0.4, 0.5) is 0 Å². The summed E-state index contributed by atoms with van der Waals surface area (Å²) in [6, 6.07) is 0. The van der Waals surface area contributed by atoms with Crippen LogP contribution < -0.4 is 0 Å². The Kier molecular flexibility index (Phi) is 36.7. The molecule has 7 heteroatoms. The Bertz CT molecular complexity index is 753. The molecule has 0 aliphatic rings. The van der Waals surface area contributed by atoms with Crippen molar-refractivity contribution in [3.8, 4) is 0 Å². The monoisotopic (exact) mass is 697 g/mol. The zero-order valence-electron chi connectivity index (χ0n) is 32.2. The number of hydrogen-bond acceptors (Lipinski definition) is 7. The Balaban J connectivity index is 4.09. The molecule has 290 valence electrons. The van der Waals surface area contributed by atoms with Crippen molar-refractivity contribution in [3.05, 3.63) is 11.6 Å². The number of carbonyl (C=O) groups excluding carboxylic acids is 2. The summed E-state index contributed by atoms with van der Waals surface area (Å²) in [6.07, 6.45) is 36.1. The van der Waals surface area contributed by atoms with E-state index in [9.17, 15) is 24.9 Å². The lowest BCUT2D eigenvalue weighted by molar-refractivity contribution is -0.158. The van der Waals surface area contributed by atoms with E-state index in [1.54, 1.807) is 6.08 Å². The highest BCUT2D eigenvalue weighted by Crippen LogP contribution is 2.17. The number of rotatable bonds is 38. The largest absolute Gasteiger partial charge is 0.462 e. The van der Waals surface area contributed by atoms with Crippen molar-refractivity contribution in [1.82, 2.24) is 0 Å². The third kappa shape index (κ3) is 33.5. The van der Waals surface area contributed by atoms with Gasteiger partial charge in [0.15, 0.2) is 6.10 Å². The first-order valence-corrected chi connectivity index (χ1v) is 20.9. The second-order valence-corrected chi connectivity index (χ2v) is 14.4. The second-order valence-electron chi connectivity index (χ2n) is 14.4. The normalized spacial score (nSPS) is 13.0. The Hall–Kier alpha value is -1.44. The molecule has 7 nitrogen and oxygen atoms in total. The molecule has 49 heavy (non-hydrogen) atoms. The minimum absolute atomic E-state index is 0.0229. The second kappa shape index (κ2) is 37.8. The molecule has 0 aliphatic heterocycles. The third-order valence-electron chi connectivity index (χ3n) is 9.52. The van der Waals surface area contributed by atoms with Crippen LogP contribution in [0.25, 0.3) is 0 Å². The van der Waals surface area contributed by atoms with Gasteiger partial charge in [0, 0.05) is 18.4 Å². The van der Waals surface area contributed by atoms with Crippen LogP contribution in [0.1, 0.15) is 213 Å². The summed E-state index contributed by atoms with van der Waals surface area (Å²) < 4.78 is 10.7. The van der Waals surface area contributed by atoms with E-state index in [0.717, 1.165) is 32.1 Å². The number of esters is 2. The Morgan fingerprint density at radius 2 is 0.939 bits per heavy atom. The minimum Gasteiger partial charge on any atom is -0.462 e. The van der Waals surface area contributed by atoms with Gasteiger partial charge in [0.2, 0.25) is 0 Å². The summed E-state index contributed by atoms with van der Waals surface area (Å²) >= 11 is 0. The van der Waals surface area contributed by atoms with Crippen molar-refractivity contribution in [1.29, 1.82) is 0 Å². The fourth-order valence-corrected chi connectivity index (χ4v) is 6.26. The molecule has 0 rings (SSSR count). The van der Waals surface area contributed by atoms with Crippen LogP contribution in [-0.2, 0) is 19.1 Å². The molecule has 0 heterocycles. The maximum absolute atomic E-state index is 12.9. The van der Waals surface area contributed by atoms with Gasteiger partial charge in [-0.3, -0.25) is 4.79 Å². The van der Waals surface area contributed by atoms with Crippen LogP contribution in [-0.4, -0.2) is 59.3 Å². The van der Waals surface area contributed by atoms with Crippen LogP contribution in [0.3, 0.4) is 0 Å². The van der Waals surface area contributed by atoms with Crippen molar-refractivity contribution < 1.29 is 34.4 Å². The van der Waals surface area contributed by atoms with Crippen molar-refractivity contribution in [2.45, 2.75) is 225 Å². The van der Waals surface area contributed by atoms with Gasteiger partial charge in [-0.15, -0.1) is 0 Å². The molecule has 0 aliphatic carbocycles. The van der Waals surface area contributed by atoms with Gasteiger partial charge < -0.3 is 24.8 Å². The molecule has 0 fully saturated rings. The van der Waals surface area contributed by atoms with Crippen molar-refractivity contribution >= 4 is 11.9 Å². The van der Waals surface area contributed by atoms with Crippen LogP contribution in [0.15, 0.2) is 11.6 Å². The summed E-state index contributed by atoms with van der Waals surface area (Å²) in [5.74, 6) is -1.00. The van der Waals surface area contributed by atoms with Crippen LogP contribution >= 0.6 is 0 Å². The fourth-order valence-electron chi connectivity index (χ4n) is 6.26. The first-order valence-electron chi connectivity index (χ1n) is 20.9. The van der Waals surface area contributed by atoms with Gasteiger partial charge in [0.05, 0.1) is 19.3 Å². The van der Waals surface area contributed by atoms with Crippen LogP contribution in [0.2, 0.25) is 0 Å². The lowest BCUT2D eigenvalue weighted by Crippen LogP contribution is -2.30. The molecule has 2 unspecified atom stereocenters. The number of hydrogen-bond donors (Lipinski definition) is 3. The number of aliphatic hydroxyl groups is 3. The third-order valence-corrected chi connectivity index (χ3v) is 9.52. The molecule has 2 atom stereocenters. The predicted molar refractivity (Wildman–Crippen MR) is 204 cm³/mol. The van der Waals surface area contributed by atoms with E-state index in [1.807, 2.05) is 0 Å². The molecule has 0 spiro atoms. The molecular weight excluding hydrogens is 616 g/mol. The van der Waals surface area contributed by atoms with Gasteiger partial charge >= 0.3 is 11.9 Å². The number of aliphatic hydroxyl groups excluding tert-OH is 3. The molecule has 0 amide bonds. The number of allylic oxidation sites excluding steroid dienone is 1. The summed E-state index contributed by atoms with van der Waals surface area (Å²) in [5.41, 5.74) is 0.281. The first-order chi connectivity index (χ1) is 24.0. The quantitative estimate of drug-likeness (QED) is 0.0334. The van der Waals surface area contributed by atoms with Crippen molar-refractivity contribution in [2.24, 2.45) is 0 Å². The molecular formula is C42H80O7. The van der Waals surface area contributed by atoms with Gasteiger partial charge in [-0.1, -0.05) is 187 Å². The summed E-state index contributed by atoms with van der Waals surface area (Å²) in [5, 5.41) is 29.0. The molecule has 0 radical (unpaired) electrons. The lowest BCUT2D eigenvalue weighted by Gasteiger charge is -2.18. The van der Waals surface area contributed by atoms with Gasteiger partial charge in [-0.2, -0.15) is 0 Å². The smallest absolute Gasteiger partial charge is 0.334 e. The fraction of sp³-hybridized carbons (Fsp3) is 0.905. The highest BCUT2D eigenvalue weighted by Gasteiger charge is 2.21. The van der Waals surface area contributed by atoms with E-state index in [0.29, 0.717) is 12.8 Å². The van der Waals surface area contributed by atoms with Crippen LogP contribution in [0.5, 0.6) is 0 Å². The van der Waals surface area contributed by atoms with E-state index >= 15 is 0 Å². The molecule has 0 aromatic rings. The number of unbranched alkanes of at least 4 members (excludes halogenated alkanes) is 27. The average Bonchev–Trinajstić information content (AvgIpc) is 3.10. The van der Waals surface area contributed by atoms with Gasteiger partial charge in [0.25, 0.3) is 0 Å². The van der Waals surface area contributed by atoms with Gasteiger partial charge in [0.1, 0.15) is 6.61 Å². The topological polar surface area (TPSA) is 113 Å². The Morgan fingerprint density at radius 1 is 0.551 bits per heavy atom. The van der Waals surface area contributed by atoms with Crippen molar-refractivity contribution in [3.63, 3.8) is 0 Å². The maximum atomic E-state index is 12.9. The molecule has 0 bridgehead atoms.